The predicted molar refractivity (Wildman–Crippen MR) is 99.5 cm³/mol. The van der Waals surface area contributed by atoms with Gasteiger partial charge in [-0.25, -0.2) is 9.97 Å². The maximum absolute atomic E-state index is 8.86. The van der Waals surface area contributed by atoms with E-state index in [1.165, 1.54) is 0 Å². The summed E-state index contributed by atoms with van der Waals surface area (Å²) in [5, 5.41) is 9.99. The zero-order valence-corrected chi connectivity index (χ0v) is 13.8. The van der Waals surface area contributed by atoms with Gasteiger partial charge in [0.05, 0.1) is 17.4 Å². The molecule has 124 valence electrons. The number of para-hydroxylation sites is 1. The first-order valence-electron chi connectivity index (χ1n) is 8.26. The Morgan fingerprint density at radius 2 is 1.76 bits per heavy atom. The Balaban J connectivity index is 1.55. The van der Waals surface area contributed by atoms with Gasteiger partial charge in [-0.3, -0.25) is 0 Å². The number of fused-ring (bicyclic) bond motifs is 1. The zero-order valence-electron chi connectivity index (χ0n) is 13.8. The molecule has 0 spiro atoms. The number of hydrogen-bond donors (Lipinski definition) is 1. The Morgan fingerprint density at radius 3 is 2.48 bits per heavy atom. The van der Waals surface area contributed by atoms with Crippen LogP contribution in [-0.2, 0) is 0 Å². The summed E-state index contributed by atoms with van der Waals surface area (Å²) < 4.78 is 0. The molecular formula is C19H18N6. The van der Waals surface area contributed by atoms with E-state index in [0.717, 1.165) is 48.5 Å². The van der Waals surface area contributed by atoms with Crippen molar-refractivity contribution < 1.29 is 0 Å². The van der Waals surface area contributed by atoms with E-state index in [4.69, 9.17) is 11.0 Å². The lowest BCUT2D eigenvalue weighted by Gasteiger charge is -2.37. The summed E-state index contributed by atoms with van der Waals surface area (Å²) in [5.74, 6) is 0.549. The average molecular weight is 330 g/mol. The summed E-state index contributed by atoms with van der Waals surface area (Å²) >= 11 is 0. The van der Waals surface area contributed by atoms with Crippen LogP contribution in [0.25, 0.3) is 10.9 Å². The fourth-order valence-corrected chi connectivity index (χ4v) is 3.28. The molecule has 0 radical (unpaired) electrons. The standard InChI is InChI=1S/C19H18N6/c20-12-14-5-6-15(13-22-14)24-7-9-25(10-8-24)18-11-19(21)23-17-4-2-1-3-16(17)18/h1-6,11,13H,7-10H2,(H2,21,23). The lowest BCUT2D eigenvalue weighted by molar-refractivity contribution is 0.654. The van der Waals surface area contributed by atoms with Gasteiger partial charge in [-0.1, -0.05) is 18.2 Å². The first-order valence-corrected chi connectivity index (χ1v) is 8.26. The molecule has 1 aliphatic rings. The molecule has 6 nitrogen and oxygen atoms in total. The highest BCUT2D eigenvalue weighted by Crippen LogP contribution is 2.29. The van der Waals surface area contributed by atoms with E-state index in [-0.39, 0.29) is 0 Å². The summed E-state index contributed by atoms with van der Waals surface area (Å²) in [7, 11) is 0. The molecule has 3 aromatic rings. The maximum Gasteiger partial charge on any atom is 0.140 e. The number of nitrogen functional groups attached to an aromatic ring is 1. The molecule has 4 rings (SSSR count). The van der Waals surface area contributed by atoms with Crippen LogP contribution in [0, 0.1) is 11.3 Å². The number of anilines is 3. The molecule has 1 fully saturated rings. The monoisotopic (exact) mass is 330 g/mol. The van der Waals surface area contributed by atoms with Crippen molar-refractivity contribution >= 4 is 28.1 Å². The van der Waals surface area contributed by atoms with Gasteiger partial charge < -0.3 is 15.5 Å². The van der Waals surface area contributed by atoms with E-state index in [1.54, 1.807) is 12.3 Å². The second-order valence-corrected chi connectivity index (χ2v) is 6.07. The number of pyridine rings is 2. The molecule has 6 heteroatoms. The van der Waals surface area contributed by atoms with E-state index in [0.29, 0.717) is 11.5 Å². The molecule has 0 bridgehead atoms. The van der Waals surface area contributed by atoms with Crippen LogP contribution >= 0.6 is 0 Å². The van der Waals surface area contributed by atoms with Crippen LogP contribution in [0.3, 0.4) is 0 Å². The van der Waals surface area contributed by atoms with Crippen molar-refractivity contribution in [2.24, 2.45) is 0 Å². The Bertz CT molecular complexity index is 936. The van der Waals surface area contributed by atoms with E-state index >= 15 is 0 Å². The minimum atomic E-state index is 0.445. The number of piperazine rings is 1. The minimum Gasteiger partial charge on any atom is -0.384 e. The summed E-state index contributed by atoms with van der Waals surface area (Å²) in [6, 6.07) is 15.8. The quantitative estimate of drug-likeness (QED) is 0.777. The molecule has 0 unspecified atom stereocenters. The third kappa shape index (κ3) is 2.92. The summed E-state index contributed by atoms with van der Waals surface area (Å²) in [6.07, 6.45) is 1.77. The average Bonchev–Trinajstić information content (AvgIpc) is 2.67. The summed E-state index contributed by atoms with van der Waals surface area (Å²) in [6.45, 7) is 3.58. The highest BCUT2D eigenvalue weighted by atomic mass is 15.3. The smallest absolute Gasteiger partial charge is 0.140 e. The van der Waals surface area contributed by atoms with Crippen LogP contribution in [-0.4, -0.2) is 36.1 Å². The molecule has 25 heavy (non-hydrogen) atoms. The Labute approximate surface area is 146 Å². The van der Waals surface area contributed by atoms with Crippen LogP contribution in [0.1, 0.15) is 5.69 Å². The largest absolute Gasteiger partial charge is 0.384 e. The van der Waals surface area contributed by atoms with Crippen molar-refractivity contribution in [3.8, 4) is 6.07 Å². The van der Waals surface area contributed by atoms with Gasteiger partial charge in [-0.05, 0) is 18.2 Å². The number of hydrogen-bond acceptors (Lipinski definition) is 6. The number of nitriles is 1. The van der Waals surface area contributed by atoms with E-state index in [2.05, 4.69) is 31.9 Å². The van der Waals surface area contributed by atoms with Gasteiger partial charge in [-0.15, -0.1) is 0 Å². The highest BCUT2D eigenvalue weighted by molar-refractivity contribution is 5.93. The Kier molecular flexibility index (Phi) is 3.82. The maximum atomic E-state index is 8.86. The van der Waals surface area contributed by atoms with Crippen molar-refractivity contribution in [1.29, 1.82) is 5.26 Å². The lowest BCUT2D eigenvalue weighted by atomic mass is 10.1. The zero-order chi connectivity index (χ0) is 17.2. The third-order valence-corrected chi connectivity index (χ3v) is 4.56. The van der Waals surface area contributed by atoms with Gasteiger partial charge in [-0.2, -0.15) is 5.26 Å². The third-order valence-electron chi connectivity index (χ3n) is 4.56. The second kappa shape index (κ2) is 6.29. The Morgan fingerprint density at radius 1 is 1.00 bits per heavy atom. The highest BCUT2D eigenvalue weighted by Gasteiger charge is 2.20. The molecule has 3 heterocycles. The summed E-state index contributed by atoms with van der Waals surface area (Å²) in [4.78, 5) is 13.2. The van der Waals surface area contributed by atoms with Crippen LogP contribution in [0.5, 0.6) is 0 Å². The second-order valence-electron chi connectivity index (χ2n) is 6.07. The summed E-state index contributed by atoms with van der Waals surface area (Å²) in [5.41, 5.74) is 9.56. The van der Waals surface area contributed by atoms with E-state index in [9.17, 15) is 0 Å². The number of aromatic nitrogens is 2. The minimum absolute atomic E-state index is 0.445. The van der Waals surface area contributed by atoms with Crippen molar-refractivity contribution in [2.45, 2.75) is 0 Å². The number of nitrogens with two attached hydrogens (primary N) is 1. The molecule has 2 aromatic heterocycles. The van der Waals surface area contributed by atoms with Crippen molar-refractivity contribution in [1.82, 2.24) is 9.97 Å². The van der Waals surface area contributed by atoms with Gasteiger partial charge in [0.25, 0.3) is 0 Å². The van der Waals surface area contributed by atoms with Gasteiger partial charge in [0.15, 0.2) is 0 Å². The molecule has 0 atom stereocenters. The number of nitrogens with zero attached hydrogens (tertiary/aromatic N) is 5. The molecule has 1 aromatic carbocycles. The van der Waals surface area contributed by atoms with Gasteiger partial charge >= 0.3 is 0 Å². The molecule has 0 aliphatic carbocycles. The van der Waals surface area contributed by atoms with Crippen LogP contribution in [0.4, 0.5) is 17.2 Å². The van der Waals surface area contributed by atoms with Crippen LogP contribution < -0.4 is 15.5 Å². The van der Waals surface area contributed by atoms with Crippen molar-refractivity contribution in [3.05, 3.63) is 54.4 Å². The fourth-order valence-electron chi connectivity index (χ4n) is 3.28. The molecule has 1 saturated heterocycles. The van der Waals surface area contributed by atoms with Crippen LogP contribution in [0.2, 0.25) is 0 Å². The Hall–Kier alpha value is -3.33. The van der Waals surface area contributed by atoms with Gasteiger partial charge in [0.2, 0.25) is 0 Å². The van der Waals surface area contributed by atoms with Gasteiger partial charge in [0.1, 0.15) is 17.6 Å². The number of benzene rings is 1. The van der Waals surface area contributed by atoms with E-state index in [1.807, 2.05) is 30.3 Å². The first-order chi connectivity index (χ1) is 12.2. The number of rotatable bonds is 2. The lowest BCUT2D eigenvalue weighted by Crippen LogP contribution is -2.46. The predicted octanol–water partition coefficient (Wildman–Crippen LogP) is 2.41. The van der Waals surface area contributed by atoms with Crippen LogP contribution in [0.15, 0.2) is 48.7 Å². The van der Waals surface area contributed by atoms with Crippen molar-refractivity contribution in [2.75, 3.05) is 41.7 Å². The molecule has 0 amide bonds. The molecule has 1 aliphatic heterocycles. The van der Waals surface area contributed by atoms with Crippen molar-refractivity contribution in [3.63, 3.8) is 0 Å². The fraction of sp³-hybridized carbons (Fsp3) is 0.211. The SMILES string of the molecule is N#Cc1ccc(N2CCN(c3cc(N)nc4ccccc34)CC2)cn1. The molecular weight excluding hydrogens is 312 g/mol. The normalized spacial score (nSPS) is 14.5. The molecule has 2 N–H and O–H groups in total. The molecule has 0 saturated carbocycles. The van der Waals surface area contributed by atoms with E-state index < -0.39 is 0 Å². The van der Waals surface area contributed by atoms with Gasteiger partial charge in [0, 0.05) is 43.3 Å². The topological polar surface area (TPSA) is 82.1 Å². The first kappa shape index (κ1) is 15.2.